The molecule has 1 amide bonds. The maximum absolute atomic E-state index is 12.9. The number of nitrogens with zero attached hydrogens (tertiary/aromatic N) is 1. The molecule has 2 fully saturated rings. The van der Waals surface area contributed by atoms with E-state index in [2.05, 4.69) is 23.5 Å². The van der Waals surface area contributed by atoms with Gasteiger partial charge in [0.15, 0.2) is 0 Å². The Kier molecular flexibility index (Phi) is 5.04. The molecular weight excluding hydrogens is 328 g/mol. The summed E-state index contributed by atoms with van der Waals surface area (Å²) in [6, 6.07) is 8.30. The maximum atomic E-state index is 12.9. The van der Waals surface area contributed by atoms with Crippen molar-refractivity contribution in [3.05, 3.63) is 35.4 Å². The number of amides is 1. The summed E-state index contributed by atoms with van der Waals surface area (Å²) >= 11 is 0. The number of hydrogen-bond acceptors (Lipinski definition) is 4. The summed E-state index contributed by atoms with van der Waals surface area (Å²) in [5.41, 5.74) is 1.91. The Morgan fingerprint density at radius 1 is 1.27 bits per heavy atom. The Morgan fingerprint density at radius 3 is 2.62 bits per heavy atom. The molecule has 0 saturated heterocycles. The fourth-order valence-corrected chi connectivity index (χ4v) is 4.55. The van der Waals surface area contributed by atoms with Crippen LogP contribution in [-0.2, 0) is 16.0 Å². The van der Waals surface area contributed by atoms with E-state index < -0.39 is 5.60 Å². The summed E-state index contributed by atoms with van der Waals surface area (Å²) in [6.07, 6.45) is 5.39. The highest BCUT2D eigenvalue weighted by molar-refractivity contribution is 5.79. The molecule has 1 aromatic rings. The Labute approximate surface area is 155 Å². The first kappa shape index (κ1) is 18.0. The summed E-state index contributed by atoms with van der Waals surface area (Å²) in [4.78, 5) is 14.8. The van der Waals surface area contributed by atoms with Crippen LogP contribution in [0.1, 0.15) is 42.9 Å². The lowest BCUT2D eigenvalue weighted by molar-refractivity contribution is -0.134. The van der Waals surface area contributed by atoms with Crippen molar-refractivity contribution in [2.24, 2.45) is 11.8 Å². The van der Waals surface area contributed by atoms with Gasteiger partial charge in [-0.15, -0.1) is 0 Å². The predicted molar refractivity (Wildman–Crippen MR) is 99.7 cm³/mol. The van der Waals surface area contributed by atoms with Crippen LogP contribution >= 0.6 is 0 Å². The number of rotatable bonds is 8. The summed E-state index contributed by atoms with van der Waals surface area (Å²) in [7, 11) is 1.68. The molecule has 0 spiro atoms. The monoisotopic (exact) mass is 358 g/mol. The van der Waals surface area contributed by atoms with Gasteiger partial charge in [-0.05, 0) is 55.1 Å². The van der Waals surface area contributed by atoms with Gasteiger partial charge in [0.1, 0.15) is 0 Å². The number of aliphatic hydroxyl groups is 1. The normalized spacial score (nSPS) is 23.0. The van der Waals surface area contributed by atoms with Crippen LogP contribution in [0.2, 0.25) is 0 Å². The van der Waals surface area contributed by atoms with Gasteiger partial charge in [-0.1, -0.05) is 24.3 Å². The average molecular weight is 358 g/mol. The molecule has 1 aromatic carbocycles. The van der Waals surface area contributed by atoms with Crippen molar-refractivity contribution in [1.29, 1.82) is 0 Å². The molecule has 1 aliphatic heterocycles. The molecule has 1 unspecified atom stereocenters. The molecule has 3 aliphatic rings. The molecule has 1 atom stereocenters. The van der Waals surface area contributed by atoms with Crippen LogP contribution in [0.5, 0.6) is 0 Å². The third-order valence-corrected chi connectivity index (χ3v) is 6.31. The Bertz CT molecular complexity index is 642. The van der Waals surface area contributed by atoms with Gasteiger partial charge >= 0.3 is 0 Å². The van der Waals surface area contributed by atoms with Crippen molar-refractivity contribution in [2.75, 3.05) is 33.4 Å². The summed E-state index contributed by atoms with van der Waals surface area (Å²) in [5.74, 6) is 0.955. The largest absolute Gasteiger partial charge is 0.388 e. The van der Waals surface area contributed by atoms with Gasteiger partial charge < -0.3 is 20.1 Å². The molecule has 2 saturated carbocycles. The van der Waals surface area contributed by atoms with Crippen LogP contribution < -0.4 is 5.32 Å². The predicted octanol–water partition coefficient (Wildman–Crippen LogP) is 1.90. The summed E-state index contributed by atoms with van der Waals surface area (Å²) < 4.78 is 5.40. The van der Waals surface area contributed by atoms with Gasteiger partial charge in [-0.3, -0.25) is 4.79 Å². The van der Waals surface area contributed by atoms with Gasteiger partial charge in [0.05, 0.1) is 24.8 Å². The van der Waals surface area contributed by atoms with Crippen LogP contribution in [-0.4, -0.2) is 54.9 Å². The second-order valence-corrected chi connectivity index (χ2v) is 8.15. The third-order valence-electron chi connectivity index (χ3n) is 6.31. The number of hydrogen-bond donors (Lipinski definition) is 2. The Hall–Kier alpha value is -1.43. The number of carbonyl (C=O) groups excluding carboxylic acids is 1. The molecule has 1 heterocycles. The highest BCUT2D eigenvalue weighted by Gasteiger charge is 2.52. The van der Waals surface area contributed by atoms with Gasteiger partial charge in [-0.25, -0.2) is 0 Å². The van der Waals surface area contributed by atoms with Crippen molar-refractivity contribution < 1.29 is 14.6 Å². The number of methoxy groups -OCH3 is 1. The first-order chi connectivity index (χ1) is 12.6. The van der Waals surface area contributed by atoms with Crippen LogP contribution in [0.4, 0.5) is 0 Å². The zero-order chi connectivity index (χ0) is 18.1. The lowest BCUT2D eigenvalue weighted by Gasteiger charge is -2.37. The van der Waals surface area contributed by atoms with E-state index in [0.29, 0.717) is 25.0 Å². The van der Waals surface area contributed by atoms with E-state index >= 15 is 0 Å². The lowest BCUT2D eigenvalue weighted by Crippen LogP contribution is -2.50. The second-order valence-electron chi connectivity index (χ2n) is 8.15. The molecule has 0 aromatic heterocycles. The Morgan fingerprint density at radius 2 is 1.96 bits per heavy atom. The van der Waals surface area contributed by atoms with Crippen LogP contribution in [0.15, 0.2) is 24.3 Å². The van der Waals surface area contributed by atoms with Gasteiger partial charge in [0.2, 0.25) is 5.91 Å². The van der Waals surface area contributed by atoms with Crippen molar-refractivity contribution in [2.45, 2.75) is 43.7 Å². The van der Waals surface area contributed by atoms with E-state index in [1.54, 1.807) is 7.11 Å². The topological polar surface area (TPSA) is 61.8 Å². The standard InChI is InChI=1S/C21H30N2O3/c1-26-13-19-18-5-3-2-4-15(18)10-11-23(19)20(24)12-22-14-21(25,16-6-7-16)17-8-9-17/h2-5,16-17,19,22,25H,6-14H2,1H3. The van der Waals surface area contributed by atoms with Crippen LogP contribution in [0.3, 0.4) is 0 Å². The number of fused-ring (bicyclic) bond motifs is 1. The zero-order valence-electron chi connectivity index (χ0n) is 15.6. The first-order valence-corrected chi connectivity index (χ1v) is 9.93. The minimum absolute atomic E-state index is 0.0232. The highest BCUT2D eigenvalue weighted by atomic mass is 16.5. The Balaban J connectivity index is 1.38. The van der Waals surface area contributed by atoms with Crippen LogP contribution in [0, 0.1) is 11.8 Å². The molecule has 2 aliphatic carbocycles. The van der Waals surface area contributed by atoms with Crippen molar-refractivity contribution >= 4 is 5.91 Å². The molecule has 4 rings (SSSR count). The number of nitrogens with one attached hydrogen (secondary N) is 1. The quantitative estimate of drug-likeness (QED) is 0.745. The van der Waals surface area contributed by atoms with E-state index in [0.717, 1.165) is 38.6 Å². The van der Waals surface area contributed by atoms with Gasteiger partial charge in [0, 0.05) is 20.2 Å². The minimum Gasteiger partial charge on any atom is -0.388 e. The van der Waals surface area contributed by atoms with Crippen LogP contribution in [0.25, 0.3) is 0 Å². The molecule has 0 radical (unpaired) electrons. The zero-order valence-corrected chi connectivity index (χ0v) is 15.6. The molecule has 0 bridgehead atoms. The second kappa shape index (κ2) is 7.29. The van der Waals surface area contributed by atoms with Gasteiger partial charge in [0.25, 0.3) is 0 Å². The lowest BCUT2D eigenvalue weighted by atomic mass is 9.91. The van der Waals surface area contributed by atoms with E-state index in [4.69, 9.17) is 4.74 Å². The molecule has 2 N–H and O–H groups in total. The molecule has 142 valence electrons. The van der Waals surface area contributed by atoms with Gasteiger partial charge in [-0.2, -0.15) is 0 Å². The van der Waals surface area contributed by atoms with E-state index in [1.807, 2.05) is 11.0 Å². The highest BCUT2D eigenvalue weighted by Crippen LogP contribution is 2.51. The molecular formula is C21H30N2O3. The summed E-state index contributed by atoms with van der Waals surface area (Å²) in [5, 5.41) is 14.2. The van der Waals surface area contributed by atoms with E-state index in [9.17, 15) is 9.90 Å². The average Bonchev–Trinajstić information content (AvgIpc) is 3.53. The maximum Gasteiger partial charge on any atom is 0.237 e. The summed E-state index contributed by atoms with van der Waals surface area (Å²) in [6.45, 7) is 2.05. The number of carbonyl (C=O) groups is 1. The SMILES string of the molecule is COCC1c2ccccc2CCN1C(=O)CNCC(O)(C1CC1)C1CC1. The fraction of sp³-hybridized carbons (Fsp3) is 0.667. The van der Waals surface area contributed by atoms with E-state index in [-0.39, 0.29) is 18.5 Å². The molecule has 5 nitrogen and oxygen atoms in total. The van der Waals surface area contributed by atoms with E-state index in [1.165, 1.54) is 11.1 Å². The fourth-order valence-electron chi connectivity index (χ4n) is 4.55. The first-order valence-electron chi connectivity index (χ1n) is 9.93. The van der Waals surface area contributed by atoms with Crippen molar-refractivity contribution in [1.82, 2.24) is 10.2 Å². The van der Waals surface area contributed by atoms with Crippen molar-refractivity contribution in [3.63, 3.8) is 0 Å². The number of benzene rings is 1. The molecule has 26 heavy (non-hydrogen) atoms. The molecule has 5 heteroatoms. The minimum atomic E-state index is -0.597. The third kappa shape index (κ3) is 3.53. The smallest absolute Gasteiger partial charge is 0.237 e. The number of ether oxygens (including phenoxy) is 1. The van der Waals surface area contributed by atoms with Crippen molar-refractivity contribution in [3.8, 4) is 0 Å².